The summed E-state index contributed by atoms with van der Waals surface area (Å²) in [7, 11) is -5.08. The molecule has 0 fully saturated rings. The summed E-state index contributed by atoms with van der Waals surface area (Å²) in [5.74, 6) is -2.71. The van der Waals surface area contributed by atoms with Gasteiger partial charge in [0.25, 0.3) is 9.84 Å². The molecule has 0 bridgehead atoms. The first-order chi connectivity index (χ1) is 11.2. The molecule has 0 unspecified atom stereocenters. The Hall–Kier alpha value is -3.20. The van der Waals surface area contributed by atoms with Gasteiger partial charge in [-0.05, 0) is 36.4 Å². The lowest BCUT2D eigenvalue weighted by Gasteiger charge is -2.10. The second kappa shape index (κ2) is 6.13. The summed E-state index contributed by atoms with van der Waals surface area (Å²) in [4.78, 5) is 33.7. The van der Waals surface area contributed by atoms with Crippen LogP contribution in [0.25, 0.3) is 0 Å². The second-order valence-corrected chi connectivity index (χ2v) is 6.40. The van der Waals surface area contributed by atoms with Crippen LogP contribution in [0.4, 0.5) is 4.79 Å². The molecular formula is C15H10O8S. The molecular weight excluding hydrogens is 340 g/mol. The summed E-state index contributed by atoms with van der Waals surface area (Å²) in [6, 6.07) is 7.81. The Balaban J connectivity index is 2.77. The highest BCUT2D eigenvalue weighted by Crippen LogP contribution is 2.26. The molecule has 0 radical (unpaired) electrons. The molecule has 0 spiro atoms. The largest absolute Gasteiger partial charge is 0.508 e. The van der Waals surface area contributed by atoms with E-state index >= 15 is 0 Å². The fourth-order valence-electron chi connectivity index (χ4n) is 2.03. The quantitative estimate of drug-likeness (QED) is 0.707. The van der Waals surface area contributed by atoms with Crippen molar-refractivity contribution in [3.05, 3.63) is 59.2 Å². The number of sulfone groups is 1. The summed E-state index contributed by atoms with van der Waals surface area (Å²) >= 11 is 0. The molecule has 2 aromatic rings. The van der Waals surface area contributed by atoms with Gasteiger partial charge >= 0.3 is 11.3 Å². The van der Waals surface area contributed by atoms with Crippen LogP contribution in [0.5, 0.6) is 5.75 Å². The molecule has 9 heteroatoms. The van der Waals surface area contributed by atoms with Crippen molar-refractivity contribution in [2.75, 3.05) is 0 Å². The van der Waals surface area contributed by atoms with Gasteiger partial charge in [-0.15, -0.1) is 0 Å². The molecule has 8 nitrogen and oxygen atoms in total. The molecule has 0 aromatic heterocycles. The van der Waals surface area contributed by atoms with Gasteiger partial charge in [0, 0.05) is 11.1 Å². The Morgan fingerprint density at radius 2 is 1.38 bits per heavy atom. The van der Waals surface area contributed by atoms with Crippen molar-refractivity contribution < 1.29 is 38.1 Å². The van der Waals surface area contributed by atoms with E-state index in [-0.39, 0.29) is 11.3 Å². The lowest BCUT2D eigenvalue weighted by molar-refractivity contribution is 0.0692. The van der Waals surface area contributed by atoms with Gasteiger partial charge in [0.2, 0.25) is 0 Å². The normalized spacial score (nSPS) is 11.0. The molecule has 124 valence electrons. The number of phenolic OH excluding ortho intramolecular Hbond substituents is 1. The molecule has 2 aromatic carbocycles. The number of hydrogen-bond donors (Lipinski definition) is 3. The number of ketones is 1. The summed E-state index contributed by atoms with van der Waals surface area (Å²) in [6.07, 6.45) is 0. The third-order valence-electron chi connectivity index (χ3n) is 3.12. The first kappa shape index (κ1) is 17.2. The van der Waals surface area contributed by atoms with Crippen LogP contribution in [0.1, 0.15) is 26.3 Å². The Kier molecular flexibility index (Phi) is 4.38. The van der Waals surface area contributed by atoms with Gasteiger partial charge in [0.05, 0.1) is 5.56 Å². The van der Waals surface area contributed by atoms with Gasteiger partial charge < -0.3 is 15.3 Å². The molecule has 0 aliphatic carbocycles. The highest BCUT2D eigenvalue weighted by atomic mass is 32.2. The van der Waals surface area contributed by atoms with Crippen molar-refractivity contribution in [1.82, 2.24) is 0 Å². The Morgan fingerprint density at radius 3 is 1.88 bits per heavy atom. The van der Waals surface area contributed by atoms with Crippen molar-refractivity contribution >= 4 is 26.9 Å². The summed E-state index contributed by atoms with van der Waals surface area (Å²) < 4.78 is 24.0. The number of aromatic hydroxyl groups is 1. The van der Waals surface area contributed by atoms with E-state index < -0.39 is 42.9 Å². The van der Waals surface area contributed by atoms with Crippen LogP contribution in [0.3, 0.4) is 0 Å². The number of carbonyl (C=O) groups excluding carboxylic acids is 1. The van der Waals surface area contributed by atoms with Gasteiger partial charge in [-0.2, -0.15) is 0 Å². The number of phenols is 1. The highest BCUT2D eigenvalue weighted by molar-refractivity contribution is 8.05. The number of benzene rings is 2. The summed E-state index contributed by atoms with van der Waals surface area (Å²) in [5.41, 5.74) is -1.44. The third-order valence-corrected chi connectivity index (χ3v) is 4.56. The Bertz CT molecular complexity index is 942. The minimum absolute atomic E-state index is 0.0443. The molecule has 0 saturated heterocycles. The van der Waals surface area contributed by atoms with E-state index in [1.165, 1.54) is 24.3 Å². The van der Waals surface area contributed by atoms with Gasteiger partial charge in [-0.25, -0.2) is 18.0 Å². The number of carbonyl (C=O) groups is 3. The van der Waals surface area contributed by atoms with E-state index in [1.54, 1.807) is 0 Å². The topological polar surface area (TPSA) is 146 Å². The molecule has 2 rings (SSSR count). The van der Waals surface area contributed by atoms with E-state index in [4.69, 9.17) is 10.2 Å². The summed E-state index contributed by atoms with van der Waals surface area (Å²) in [5, 5.41) is 25.0. The maximum absolute atomic E-state index is 12.5. The van der Waals surface area contributed by atoms with E-state index in [9.17, 15) is 27.9 Å². The molecule has 0 aliphatic rings. The van der Waals surface area contributed by atoms with Crippen LogP contribution >= 0.6 is 0 Å². The van der Waals surface area contributed by atoms with E-state index in [2.05, 4.69) is 0 Å². The fourth-order valence-corrected chi connectivity index (χ4v) is 3.10. The molecule has 0 atom stereocenters. The van der Waals surface area contributed by atoms with Gasteiger partial charge in [-0.1, -0.05) is 6.07 Å². The maximum Gasteiger partial charge on any atom is 0.427 e. The van der Waals surface area contributed by atoms with Crippen LogP contribution < -0.4 is 0 Å². The molecule has 0 amide bonds. The van der Waals surface area contributed by atoms with E-state index in [0.29, 0.717) is 0 Å². The number of carboxylic acid groups (broad SMARTS) is 2. The standard InChI is InChI=1S/C15H10O8S/c16-9-6-4-8(5-7-9)12(17)10-2-1-3-11(14(18)19)13(10)24(22,23)15(20)21/h1-7,16H,(H,18,19)(H,20,21). The van der Waals surface area contributed by atoms with Gasteiger partial charge in [0.15, 0.2) is 5.78 Å². The van der Waals surface area contributed by atoms with Crippen LogP contribution in [0.2, 0.25) is 0 Å². The van der Waals surface area contributed by atoms with Crippen molar-refractivity contribution in [2.24, 2.45) is 0 Å². The monoisotopic (exact) mass is 350 g/mol. The predicted octanol–water partition coefficient (Wildman–Crippen LogP) is 1.77. The van der Waals surface area contributed by atoms with Gasteiger partial charge in [0.1, 0.15) is 10.6 Å². The average Bonchev–Trinajstić information content (AvgIpc) is 2.53. The Morgan fingerprint density at radius 1 is 0.833 bits per heavy atom. The lowest BCUT2D eigenvalue weighted by Crippen LogP contribution is -2.20. The second-order valence-electron chi connectivity index (χ2n) is 4.63. The number of aromatic carboxylic acids is 1. The third kappa shape index (κ3) is 2.97. The van der Waals surface area contributed by atoms with Gasteiger partial charge in [-0.3, -0.25) is 4.79 Å². The smallest absolute Gasteiger partial charge is 0.427 e. The minimum Gasteiger partial charge on any atom is -0.508 e. The fraction of sp³-hybridized carbons (Fsp3) is 0. The zero-order chi connectivity index (χ0) is 18.1. The summed E-state index contributed by atoms with van der Waals surface area (Å²) in [6.45, 7) is 0. The predicted molar refractivity (Wildman–Crippen MR) is 80.2 cm³/mol. The lowest BCUT2D eigenvalue weighted by atomic mass is 10.0. The van der Waals surface area contributed by atoms with Crippen LogP contribution in [0, 0.1) is 0 Å². The number of rotatable bonds is 4. The SMILES string of the molecule is O=C(O)c1cccc(C(=O)c2ccc(O)cc2)c1S(=O)(=O)C(=O)O. The average molecular weight is 350 g/mol. The molecule has 24 heavy (non-hydrogen) atoms. The van der Waals surface area contributed by atoms with E-state index in [0.717, 1.165) is 18.2 Å². The van der Waals surface area contributed by atoms with Crippen molar-refractivity contribution in [3.8, 4) is 5.75 Å². The number of hydrogen-bond acceptors (Lipinski definition) is 6. The van der Waals surface area contributed by atoms with Crippen molar-refractivity contribution in [3.63, 3.8) is 0 Å². The molecule has 0 heterocycles. The zero-order valence-electron chi connectivity index (χ0n) is 11.8. The van der Waals surface area contributed by atoms with Crippen LogP contribution in [-0.2, 0) is 9.84 Å². The number of carboxylic acids is 1. The first-order valence-electron chi connectivity index (χ1n) is 6.34. The van der Waals surface area contributed by atoms with Crippen molar-refractivity contribution in [2.45, 2.75) is 4.90 Å². The maximum atomic E-state index is 12.5. The minimum atomic E-state index is -5.08. The molecule has 3 N–H and O–H groups in total. The zero-order valence-corrected chi connectivity index (χ0v) is 12.6. The van der Waals surface area contributed by atoms with Crippen molar-refractivity contribution in [1.29, 1.82) is 0 Å². The Labute approximate surface area is 135 Å². The first-order valence-corrected chi connectivity index (χ1v) is 7.82. The molecule has 0 aliphatic heterocycles. The van der Waals surface area contributed by atoms with E-state index in [1.807, 2.05) is 0 Å². The molecule has 0 saturated carbocycles. The van der Waals surface area contributed by atoms with Crippen LogP contribution in [0.15, 0.2) is 47.4 Å². The highest BCUT2D eigenvalue weighted by Gasteiger charge is 2.34. The van der Waals surface area contributed by atoms with Crippen LogP contribution in [-0.4, -0.2) is 40.8 Å².